The number of hydrogen-bond donors (Lipinski definition) is 5. The lowest BCUT2D eigenvalue weighted by molar-refractivity contribution is -0.142. The van der Waals surface area contributed by atoms with Crippen molar-refractivity contribution >= 4 is 44.7 Å². The standard InChI is InChI=1S/C48H68N6O10S/c1-3-33-29-48(33,45(59)52-65(61,62)47(2)22-23-47)51-43(57)38-20-12-25-54(38)44(58)40(31-14-6-4-7-15-31)50-46(60)64-39-28-32(39)16-8-5-9-18-36-41(35-17-10-11-19-37(35)49-42(36)56)63-27-13-24-53-26-21-34(55)30-53/h3,10-11,17,19,31-34,38-40,55H,1,4-9,12-16,18,20-30H2,2H3,(H,49,56)(H,50,60)(H,51,57)(H,52,59)/t32?,33-,34-,38+,39-,40+,48-/m1/s1. The number of rotatable bonds is 21. The molecule has 6 fully saturated rings. The van der Waals surface area contributed by atoms with Crippen LogP contribution in [0.25, 0.3) is 10.9 Å². The first-order valence-electron chi connectivity index (χ1n) is 24.2. The molecule has 7 atom stereocenters. The number of nitrogens with zero attached hydrogens (tertiary/aromatic N) is 2. The Morgan fingerprint density at radius 1 is 1.02 bits per heavy atom. The SMILES string of the molecule is C=C[C@@H]1C[C@]1(NC(=O)[C@@H]1CCCN1C(=O)[C@@H](NC(=O)O[C@@H]1CC1CCCCCc1c(OCCCN2CC[C@@H](O)C2)c2ccccc2[nH]c1=O)C1CCCCC1)C(=O)NS(=O)(=O)C1(C)CC1. The predicted octanol–water partition coefficient (Wildman–Crippen LogP) is 4.58. The van der Waals surface area contributed by atoms with Gasteiger partial charge in [-0.25, -0.2) is 13.2 Å². The second-order valence-corrected chi connectivity index (χ2v) is 22.1. The number of aromatic amines is 1. The van der Waals surface area contributed by atoms with Crippen LogP contribution in [0.3, 0.4) is 0 Å². The first-order chi connectivity index (χ1) is 31.2. The molecular weight excluding hydrogens is 853 g/mol. The average Bonchev–Trinajstić information content (AvgIpc) is 4.24. The molecule has 0 bridgehead atoms. The number of pyridine rings is 1. The van der Waals surface area contributed by atoms with Crippen LogP contribution < -0.4 is 25.7 Å². The van der Waals surface area contributed by atoms with Crippen LogP contribution in [0, 0.1) is 17.8 Å². The minimum Gasteiger partial charge on any atom is -0.492 e. The van der Waals surface area contributed by atoms with Crippen molar-refractivity contribution in [2.45, 2.75) is 157 Å². The molecule has 2 aromatic rings. The van der Waals surface area contributed by atoms with Crippen molar-refractivity contribution in [1.82, 2.24) is 30.1 Å². The summed E-state index contributed by atoms with van der Waals surface area (Å²) in [7, 11) is -3.94. The Morgan fingerprint density at radius 3 is 2.52 bits per heavy atom. The van der Waals surface area contributed by atoms with Gasteiger partial charge in [0.05, 0.1) is 28.5 Å². The lowest BCUT2D eigenvalue weighted by atomic mass is 9.83. The second-order valence-electron chi connectivity index (χ2n) is 19.9. The molecule has 1 aromatic heterocycles. The fourth-order valence-corrected chi connectivity index (χ4v) is 11.7. The number of carbonyl (C=O) groups is 4. The van der Waals surface area contributed by atoms with E-state index in [0.29, 0.717) is 63.1 Å². The Morgan fingerprint density at radius 2 is 1.80 bits per heavy atom. The van der Waals surface area contributed by atoms with E-state index in [1.165, 1.54) is 11.0 Å². The number of fused-ring (bicyclic) bond motifs is 1. The van der Waals surface area contributed by atoms with Gasteiger partial charge in [-0.3, -0.25) is 23.9 Å². The number of benzene rings is 1. The third-order valence-electron chi connectivity index (χ3n) is 15.1. The first kappa shape index (κ1) is 47.0. The molecule has 4 saturated carbocycles. The fourth-order valence-electron chi connectivity index (χ4n) is 10.4. The molecule has 5 N–H and O–H groups in total. The van der Waals surface area contributed by atoms with E-state index in [9.17, 15) is 37.5 Å². The molecule has 1 unspecified atom stereocenters. The number of unbranched alkanes of at least 4 members (excludes halogenated alkanes) is 2. The molecule has 356 valence electrons. The van der Waals surface area contributed by atoms with E-state index in [4.69, 9.17) is 9.47 Å². The van der Waals surface area contributed by atoms with Crippen molar-refractivity contribution < 1.29 is 42.2 Å². The molecular formula is C48H68N6O10S. The zero-order valence-corrected chi connectivity index (χ0v) is 38.6. The van der Waals surface area contributed by atoms with Gasteiger partial charge in [-0.1, -0.05) is 50.3 Å². The number of para-hydroxylation sites is 1. The lowest BCUT2D eigenvalue weighted by Crippen LogP contribution is -2.59. The van der Waals surface area contributed by atoms with Gasteiger partial charge in [-0.2, -0.15) is 0 Å². The fraction of sp³-hybridized carbons (Fsp3) is 0.688. The van der Waals surface area contributed by atoms with Crippen molar-refractivity contribution in [3.8, 4) is 5.75 Å². The van der Waals surface area contributed by atoms with Crippen LogP contribution in [-0.4, -0.2) is 119 Å². The van der Waals surface area contributed by atoms with Crippen LogP contribution in [0.2, 0.25) is 0 Å². The number of aliphatic hydroxyl groups excluding tert-OH is 1. The minimum atomic E-state index is -3.94. The number of β-amino-alcohol motifs (C(OH)–C–C–N with tert-alkyl or cyclic N) is 1. The molecule has 3 heterocycles. The summed E-state index contributed by atoms with van der Waals surface area (Å²) in [6.07, 6.45) is 13.2. The molecule has 2 saturated heterocycles. The van der Waals surface area contributed by atoms with Gasteiger partial charge in [-0.05, 0) is 114 Å². The number of sulfonamides is 1. The second kappa shape index (κ2) is 19.8. The number of nitrogens with one attached hydrogen (secondary N) is 4. The summed E-state index contributed by atoms with van der Waals surface area (Å²) >= 11 is 0. The number of likely N-dealkylation sites (tertiary alicyclic amines) is 2. The Labute approximate surface area is 382 Å². The van der Waals surface area contributed by atoms with Gasteiger partial charge in [0.25, 0.3) is 11.5 Å². The Bertz CT molecular complexity index is 2280. The number of ether oxygens (including phenoxy) is 2. The molecule has 0 spiro atoms. The molecule has 65 heavy (non-hydrogen) atoms. The van der Waals surface area contributed by atoms with E-state index >= 15 is 0 Å². The Kier molecular flexibility index (Phi) is 14.3. The number of H-pyrrole nitrogens is 1. The smallest absolute Gasteiger partial charge is 0.408 e. The minimum absolute atomic E-state index is 0.117. The van der Waals surface area contributed by atoms with Crippen molar-refractivity contribution in [2.24, 2.45) is 17.8 Å². The summed E-state index contributed by atoms with van der Waals surface area (Å²) in [4.78, 5) is 75.3. The van der Waals surface area contributed by atoms with Gasteiger partial charge in [0.1, 0.15) is 29.5 Å². The number of alkyl carbamates (subject to hydrolysis) is 1. The maximum atomic E-state index is 14.4. The van der Waals surface area contributed by atoms with Gasteiger partial charge in [-0.15, -0.1) is 6.58 Å². The number of aliphatic hydroxyl groups is 1. The summed E-state index contributed by atoms with van der Waals surface area (Å²) in [5.41, 5.74) is -0.205. The lowest BCUT2D eigenvalue weighted by Gasteiger charge is -2.34. The van der Waals surface area contributed by atoms with E-state index in [-0.39, 0.29) is 41.9 Å². The first-order valence-corrected chi connectivity index (χ1v) is 25.7. The van der Waals surface area contributed by atoms with Gasteiger partial charge >= 0.3 is 6.09 Å². The van der Waals surface area contributed by atoms with E-state index in [1.807, 2.05) is 24.3 Å². The highest BCUT2D eigenvalue weighted by Gasteiger charge is 2.63. The Balaban J connectivity index is 0.814. The van der Waals surface area contributed by atoms with Gasteiger partial charge in [0, 0.05) is 37.5 Å². The molecule has 4 amide bonds. The van der Waals surface area contributed by atoms with Crippen molar-refractivity contribution in [2.75, 3.05) is 32.8 Å². The van der Waals surface area contributed by atoms with Crippen molar-refractivity contribution in [1.29, 1.82) is 0 Å². The summed E-state index contributed by atoms with van der Waals surface area (Å²) < 4.78 is 39.3. The number of amides is 4. The van der Waals surface area contributed by atoms with E-state index < -0.39 is 56.2 Å². The number of aromatic nitrogens is 1. The van der Waals surface area contributed by atoms with E-state index in [1.54, 1.807) is 6.92 Å². The van der Waals surface area contributed by atoms with Crippen LogP contribution >= 0.6 is 0 Å². The number of carbonyl (C=O) groups excluding carboxylic acids is 4. The van der Waals surface area contributed by atoms with Crippen LogP contribution in [0.5, 0.6) is 5.75 Å². The summed E-state index contributed by atoms with van der Waals surface area (Å²) in [6, 6.07) is 5.94. The van der Waals surface area contributed by atoms with Crippen molar-refractivity contribution in [3.05, 3.63) is 52.8 Å². The van der Waals surface area contributed by atoms with Crippen LogP contribution in [0.4, 0.5) is 4.79 Å². The van der Waals surface area contributed by atoms with Crippen LogP contribution in [0.1, 0.15) is 122 Å². The maximum absolute atomic E-state index is 14.4. The zero-order valence-electron chi connectivity index (χ0n) is 37.8. The molecule has 8 rings (SSSR count). The Hall–Kier alpha value is -4.48. The highest BCUT2D eigenvalue weighted by Crippen LogP contribution is 2.47. The maximum Gasteiger partial charge on any atom is 0.408 e. The zero-order chi connectivity index (χ0) is 45.9. The molecule has 1 aromatic carbocycles. The van der Waals surface area contributed by atoms with Crippen molar-refractivity contribution in [3.63, 3.8) is 0 Å². The molecule has 2 aliphatic heterocycles. The van der Waals surface area contributed by atoms with E-state index in [0.717, 1.165) is 101 Å². The van der Waals surface area contributed by atoms with Crippen LogP contribution in [0.15, 0.2) is 41.7 Å². The quantitative estimate of drug-likeness (QED) is 0.0863. The van der Waals surface area contributed by atoms with Gasteiger partial charge in [0.2, 0.25) is 21.8 Å². The highest BCUT2D eigenvalue weighted by molar-refractivity contribution is 7.91. The van der Waals surface area contributed by atoms with Crippen LogP contribution in [-0.2, 0) is 35.6 Å². The molecule has 6 aliphatic rings. The van der Waals surface area contributed by atoms with Gasteiger partial charge < -0.3 is 40.0 Å². The molecule has 4 aliphatic carbocycles. The summed E-state index contributed by atoms with van der Waals surface area (Å²) in [5.74, 6) is -1.38. The summed E-state index contributed by atoms with van der Waals surface area (Å²) in [5, 5.41) is 16.5. The molecule has 17 heteroatoms. The third-order valence-corrected chi connectivity index (χ3v) is 17.2. The largest absolute Gasteiger partial charge is 0.492 e. The average molecular weight is 921 g/mol. The number of hydrogen-bond acceptors (Lipinski definition) is 11. The highest BCUT2D eigenvalue weighted by atomic mass is 32.2. The monoisotopic (exact) mass is 920 g/mol. The topological polar surface area (TPSA) is 217 Å². The predicted molar refractivity (Wildman–Crippen MR) is 244 cm³/mol. The molecule has 16 nitrogen and oxygen atoms in total. The molecule has 0 radical (unpaired) electrons. The van der Waals surface area contributed by atoms with Gasteiger partial charge in [0.15, 0.2) is 0 Å². The third kappa shape index (κ3) is 10.7. The van der Waals surface area contributed by atoms with E-state index in [2.05, 4.69) is 31.8 Å². The summed E-state index contributed by atoms with van der Waals surface area (Å²) in [6.45, 7) is 8.57. The normalized spacial score (nSPS) is 27.7.